The monoisotopic (exact) mass is 436 g/mol. The minimum Gasteiger partial charge on any atom is -0.491 e. The first-order valence-corrected chi connectivity index (χ1v) is 10.9. The lowest BCUT2D eigenvalue weighted by Crippen LogP contribution is -2.38. The number of amides is 1. The van der Waals surface area contributed by atoms with Crippen LogP contribution < -0.4 is 4.74 Å². The number of rotatable bonds is 8. The Balaban J connectivity index is 1.14. The van der Waals surface area contributed by atoms with Gasteiger partial charge in [-0.25, -0.2) is 4.79 Å². The second kappa shape index (κ2) is 10.4. The number of β-amino-alcohol motifs (C(OH)–C–C–N with tert-alkyl or cyclic N) is 1. The molecular formula is C24H28N4O4. The molecule has 0 aliphatic carbocycles. The number of nitrogens with zero attached hydrogens (tertiary/aromatic N) is 4. The second-order valence-electron chi connectivity index (χ2n) is 8.46. The molecule has 2 saturated heterocycles. The van der Waals surface area contributed by atoms with E-state index in [0.717, 1.165) is 18.7 Å². The molecule has 3 atom stereocenters. The van der Waals surface area contributed by atoms with Crippen LogP contribution in [-0.4, -0.2) is 78.0 Å². The molecule has 2 fully saturated rings. The maximum absolute atomic E-state index is 12.4. The highest BCUT2D eigenvalue weighted by Crippen LogP contribution is 2.31. The predicted molar refractivity (Wildman–Crippen MR) is 117 cm³/mol. The van der Waals surface area contributed by atoms with Gasteiger partial charge in [0.2, 0.25) is 0 Å². The average molecular weight is 437 g/mol. The highest BCUT2D eigenvalue weighted by molar-refractivity contribution is 5.68. The zero-order valence-corrected chi connectivity index (χ0v) is 18.0. The van der Waals surface area contributed by atoms with E-state index in [0.29, 0.717) is 55.8 Å². The molecule has 2 aromatic rings. The van der Waals surface area contributed by atoms with Crippen molar-refractivity contribution in [2.45, 2.75) is 12.5 Å². The summed E-state index contributed by atoms with van der Waals surface area (Å²) in [4.78, 5) is 20.4. The fourth-order valence-corrected chi connectivity index (χ4v) is 4.45. The van der Waals surface area contributed by atoms with E-state index in [4.69, 9.17) is 14.7 Å². The van der Waals surface area contributed by atoms with Gasteiger partial charge in [-0.15, -0.1) is 0 Å². The lowest BCUT2D eigenvalue weighted by molar-refractivity contribution is 0.0705. The Morgan fingerprint density at radius 3 is 2.47 bits per heavy atom. The molecule has 1 aromatic carbocycles. The van der Waals surface area contributed by atoms with Crippen molar-refractivity contribution in [3.63, 3.8) is 0 Å². The molecule has 2 unspecified atom stereocenters. The molecule has 8 nitrogen and oxygen atoms in total. The lowest BCUT2D eigenvalue weighted by Gasteiger charge is -2.23. The molecule has 2 aliphatic rings. The normalized spacial score (nSPS) is 21.1. The number of carbonyl (C=O) groups excluding carboxylic acids is 1. The third-order valence-electron chi connectivity index (χ3n) is 6.08. The largest absolute Gasteiger partial charge is 0.491 e. The molecule has 1 aromatic heterocycles. The first kappa shape index (κ1) is 22.1. The van der Waals surface area contributed by atoms with Gasteiger partial charge in [-0.2, -0.15) is 5.26 Å². The molecule has 0 saturated carbocycles. The van der Waals surface area contributed by atoms with Crippen LogP contribution in [0, 0.1) is 23.2 Å². The number of fused-ring (bicyclic) bond motifs is 1. The molecule has 4 rings (SSSR count). The predicted octanol–water partition coefficient (Wildman–Crippen LogP) is 1.94. The Labute approximate surface area is 188 Å². The zero-order valence-electron chi connectivity index (χ0n) is 18.0. The Kier molecular flexibility index (Phi) is 7.20. The summed E-state index contributed by atoms with van der Waals surface area (Å²) in [6, 6.07) is 12.8. The second-order valence-corrected chi connectivity index (χ2v) is 8.46. The van der Waals surface area contributed by atoms with Crippen molar-refractivity contribution in [1.29, 1.82) is 5.26 Å². The van der Waals surface area contributed by atoms with Gasteiger partial charge in [0.1, 0.15) is 18.5 Å². The summed E-state index contributed by atoms with van der Waals surface area (Å²) < 4.78 is 11.1. The number of pyridine rings is 1. The van der Waals surface area contributed by atoms with Gasteiger partial charge < -0.3 is 19.5 Å². The Hall–Kier alpha value is -3.15. The van der Waals surface area contributed by atoms with Crippen molar-refractivity contribution < 1.29 is 19.4 Å². The Morgan fingerprint density at radius 1 is 1.12 bits per heavy atom. The van der Waals surface area contributed by atoms with Crippen LogP contribution in [-0.2, 0) is 11.2 Å². The van der Waals surface area contributed by atoms with Crippen LogP contribution in [0.25, 0.3) is 0 Å². The summed E-state index contributed by atoms with van der Waals surface area (Å²) in [5.74, 6) is 1.46. The summed E-state index contributed by atoms with van der Waals surface area (Å²) in [6.45, 7) is 4.23. The molecule has 1 N–H and O–H groups in total. The number of carbonyl (C=O) groups is 1. The van der Waals surface area contributed by atoms with Crippen molar-refractivity contribution in [2.75, 3.05) is 45.9 Å². The standard InChI is InChI=1S/C24H28N4O4/c25-11-19-1-3-23(4-2-19)32-17-22(29)16-27-12-20-14-28(15-21(20)13-27)24(30)31-10-7-18-5-8-26-9-6-18/h1-6,8-9,20-22,29H,7,10,12-17H2/t20?,21?,22-/m0/s1. The van der Waals surface area contributed by atoms with Gasteiger partial charge in [-0.05, 0) is 53.8 Å². The lowest BCUT2D eigenvalue weighted by atomic mass is 10.0. The number of hydrogen-bond acceptors (Lipinski definition) is 7. The minimum atomic E-state index is -0.598. The zero-order chi connectivity index (χ0) is 22.3. The molecular weight excluding hydrogens is 408 g/mol. The molecule has 32 heavy (non-hydrogen) atoms. The van der Waals surface area contributed by atoms with E-state index in [-0.39, 0.29) is 12.7 Å². The van der Waals surface area contributed by atoms with Gasteiger partial charge >= 0.3 is 6.09 Å². The molecule has 0 spiro atoms. The number of hydrogen-bond donors (Lipinski definition) is 1. The fraction of sp³-hybridized carbons (Fsp3) is 0.458. The Morgan fingerprint density at radius 2 is 1.81 bits per heavy atom. The van der Waals surface area contributed by atoms with E-state index in [1.165, 1.54) is 0 Å². The van der Waals surface area contributed by atoms with E-state index >= 15 is 0 Å². The van der Waals surface area contributed by atoms with E-state index < -0.39 is 6.10 Å². The van der Waals surface area contributed by atoms with Crippen molar-refractivity contribution in [1.82, 2.24) is 14.8 Å². The van der Waals surface area contributed by atoms with Crippen LogP contribution in [0.15, 0.2) is 48.8 Å². The van der Waals surface area contributed by atoms with Gasteiger partial charge in [0.05, 0.1) is 18.2 Å². The van der Waals surface area contributed by atoms with Gasteiger partial charge in [0.15, 0.2) is 0 Å². The summed E-state index contributed by atoms with van der Waals surface area (Å²) >= 11 is 0. The van der Waals surface area contributed by atoms with E-state index in [1.54, 1.807) is 36.7 Å². The molecule has 0 radical (unpaired) electrons. The third-order valence-corrected chi connectivity index (χ3v) is 6.08. The minimum absolute atomic E-state index is 0.202. The van der Waals surface area contributed by atoms with Crippen LogP contribution >= 0.6 is 0 Å². The van der Waals surface area contributed by atoms with Crippen molar-refractivity contribution in [3.05, 3.63) is 59.9 Å². The Bertz CT molecular complexity index is 917. The molecule has 2 aliphatic heterocycles. The van der Waals surface area contributed by atoms with E-state index in [2.05, 4.69) is 16.0 Å². The summed E-state index contributed by atoms with van der Waals surface area (Å²) in [5, 5.41) is 19.2. The van der Waals surface area contributed by atoms with E-state index in [9.17, 15) is 9.90 Å². The SMILES string of the molecule is N#Cc1ccc(OC[C@@H](O)CN2CC3CN(C(=O)OCCc4ccncc4)CC3C2)cc1. The third kappa shape index (κ3) is 5.75. The first-order valence-electron chi connectivity index (χ1n) is 10.9. The fourth-order valence-electron chi connectivity index (χ4n) is 4.45. The van der Waals surface area contributed by atoms with Crippen LogP contribution in [0.1, 0.15) is 11.1 Å². The van der Waals surface area contributed by atoms with Crippen LogP contribution in [0.3, 0.4) is 0 Å². The van der Waals surface area contributed by atoms with Crippen LogP contribution in [0.2, 0.25) is 0 Å². The maximum Gasteiger partial charge on any atom is 0.409 e. The van der Waals surface area contributed by atoms with Crippen molar-refractivity contribution in [2.24, 2.45) is 11.8 Å². The topological polar surface area (TPSA) is 98.9 Å². The van der Waals surface area contributed by atoms with Gasteiger partial charge in [-0.1, -0.05) is 0 Å². The van der Waals surface area contributed by atoms with E-state index in [1.807, 2.05) is 17.0 Å². The number of nitriles is 1. The summed E-state index contributed by atoms with van der Waals surface area (Å²) in [6.07, 6.45) is 3.32. The number of aliphatic hydroxyl groups is 1. The van der Waals surface area contributed by atoms with Crippen molar-refractivity contribution in [3.8, 4) is 11.8 Å². The molecule has 3 heterocycles. The number of likely N-dealkylation sites (tertiary alicyclic amines) is 2. The molecule has 8 heteroatoms. The summed E-state index contributed by atoms with van der Waals surface area (Å²) in [5.41, 5.74) is 1.68. The van der Waals surface area contributed by atoms with Gasteiger partial charge in [-0.3, -0.25) is 9.88 Å². The quantitative estimate of drug-likeness (QED) is 0.675. The van der Waals surface area contributed by atoms with Gasteiger partial charge in [0.25, 0.3) is 0 Å². The first-order chi connectivity index (χ1) is 15.6. The molecule has 1 amide bonds. The van der Waals surface area contributed by atoms with Crippen LogP contribution in [0.4, 0.5) is 4.79 Å². The van der Waals surface area contributed by atoms with Gasteiger partial charge in [0, 0.05) is 51.5 Å². The smallest absolute Gasteiger partial charge is 0.409 e. The highest BCUT2D eigenvalue weighted by Gasteiger charge is 2.42. The van der Waals surface area contributed by atoms with Crippen molar-refractivity contribution >= 4 is 6.09 Å². The summed E-state index contributed by atoms with van der Waals surface area (Å²) in [7, 11) is 0. The number of benzene rings is 1. The molecule has 168 valence electrons. The highest BCUT2D eigenvalue weighted by atomic mass is 16.6. The molecule has 0 bridgehead atoms. The number of aromatic nitrogens is 1. The average Bonchev–Trinajstić information content (AvgIpc) is 3.37. The number of aliphatic hydroxyl groups excluding tert-OH is 1. The van der Waals surface area contributed by atoms with Crippen LogP contribution in [0.5, 0.6) is 5.75 Å². The maximum atomic E-state index is 12.4. The number of ether oxygens (including phenoxy) is 2.